The first kappa shape index (κ1) is 13.3. The van der Waals surface area contributed by atoms with Crippen LogP contribution >= 0.6 is 15.9 Å². The zero-order valence-corrected chi connectivity index (χ0v) is 12.1. The highest BCUT2D eigenvalue weighted by Crippen LogP contribution is 2.40. The molecule has 0 amide bonds. The molecule has 0 aliphatic carbocycles. The molecule has 1 aromatic rings. The average molecular weight is 335 g/mol. The summed E-state index contributed by atoms with van der Waals surface area (Å²) in [5.41, 5.74) is 0.927. The number of hydrogen-bond acceptors (Lipinski definition) is 3. The van der Waals surface area contributed by atoms with Crippen LogP contribution in [-0.2, 0) is 0 Å². The monoisotopic (exact) mass is 334 g/mol. The summed E-state index contributed by atoms with van der Waals surface area (Å²) in [6, 6.07) is -0.803. The van der Waals surface area contributed by atoms with Crippen molar-refractivity contribution < 1.29 is 8.78 Å². The zero-order valence-electron chi connectivity index (χ0n) is 10.5. The summed E-state index contributed by atoms with van der Waals surface area (Å²) in [6.45, 7) is 2.50. The highest BCUT2D eigenvalue weighted by Gasteiger charge is 2.33. The lowest BCUT2D eigenvalue weighted by Crippen LogP contribution is -2.29. The molecule has 19 heavy (non-hydrogen) atoms. The minimum absolute atomic E-state index is 0.355. The molecule has 3 heterocycles. The van der Waals surface area contributed by atoms with Crippen LogP contribution in [0.5, 0.6) is 0 Å². The Bertz CT molecular complexity index is 457. The van der Waals surface area contributed by atoms with Gasteiger partial charge in [-0.2, -0.15) is 5.10 Å². The van der Waals surface area contributed by atoms with E-state index in [9.17, 15) is 8.78 Å². The van der Waals surface area contributed by atoms with Crippen molar-refractivity contribution in [1.29, 1.82) is 0 Å². The number of hydrogen-bond donors (Lipinski definition) is 2. The van der Waals surface area contributed by atoms with Gasteiger partial charge < -0.3 is 10.6 Å². The Labute approximate surface area is 119 Å². The Hall–Kier alpha value is -0.690. The molecule has 1 atom stereocenters. The quantitative estimate of drug-likeness (QED) is 0.873. The summed E-state index contributed by atoms with van der Waals surface area (Å²) < 4.78 is 28.5. The first-order valence-corrected chi connectivity index (χ1v) is 7.48. The maximum Gasteiger partial charge on any atom is 0.260 e. The molecule has 7 heteroatoms. The molecule has 4 nitrogen and oxygen atoms in total. The Morgan fingerprint density at radius 3 is 2.63 bits per heavy atom. The number of anilines is 1. The predicted molar refractivity (Wildman–Crippen MR) is 72.9 cm³/mol. The van der Waals surface area contributed by atoms with Gasteiger partial charge in [0.25, 0.3) is 6.43 Å². The van der Waals surface area contributed by atoms with Gasteiger partial charge in [0.15, 0.2) is 0 Å². The van der Waals surface area contributed by atoms with Gasteiger partial charge in [-0.15, -0.1) is 0 Å². The number of nitrogens with zero attached hydrogens (tertiary/aromatic N) is 2. The van der Waals surface area contributed by atoms with Crippen LogP contribution in [0.2, 0.25) is 0 Å². The van der Waals surface area contributed by atoms with E-state index in [0.29, 0.717) is 24.7 Å². The molecular weight excluding hydrogens is 318 g/mol. The highest BCUT2D eigenvalue weighted by atomic mass is 79.9. The van der Waals surface area contributed by atoms with E-state index in [1.54, 1.807) is 0 Å². The number of halogens is 3. The van der Waals surface area contributed by atoms with Crippen LogP contribution in [0.4, 0.5) is 14.6 Å². The number of alkyl halides is 2. The summed E-state index contributed by atoms with van der Waals surface area (Å²) in [5, 5.41) is 11.0. The summed E-state index contributed by atoms with van der Waals surface area (Å²) >= 11 is 3.54. The van der Waals surface area contributed by atoms with Crippen LogP contribution < -0.4 is 10.6 Å². The number of aromatic nitrogens is 2. The fourth-order valence-electron chi connectivity index (χ4n) is 2.88. The van der Waals surface area contributed by atoms with Gasteiger partial charge in [0.05, 0.1) is 10.2 Å². The maximum atomic E-state index is 13.1. The van der Waals surface area contributed by atoms with Crippen molar-refractivity contribution in [3.63, 3.8) is 0 Å². The van der Waals surface area contributed by atoms with E-state index in [0.717, 1.165) is 36.1 Å². The van der Waals surface area contributed by atoms with Crippen LogP contribution in [0.15, 0.2) is 4.47 Å². The number of rotatable bonds is 2. The van der Waals surface area contributed by atoms with Crippen LogP contribution in [0.25, 0.3) is 0 Å². The lowest BCUT2D eigenvalue weighted by molar-refractivity contribution is 0.0712. The minimum atomic E-state index is -2.37. The van der Waals surface area contributed by atoms with Crippen LogP contribution in [0, 0.1) is 0 Å². The molecule has 1 aromatic heterocycles. The predicted octanol–water partition coefficient (Wildman–Crippen LogP) is 2.73. The Morgan fingerprint density at radius 2 is 1.95 bits per heavy atom. The van der Waals surface area contributed by atoms with Gasteiger partial charge in [-0.3, -0.25) is 0 Å². The molecule has 106 valence electrons. The van der Waals surface area contributed by atoms with Gasteiger partial charge in [-0.05, 0) is 48.3 Å². The van der Waals surface area contributed by atoms with E-state index in [-0.39, 0.29) is 0 Å². The summed E-state index contributed by atoms with van der Waals surface area (Å²) in [6.07, 6.45) is 0.0706. The molecule has 0 radical (unpaired) electrons. The second kappa shape index (κ2) is 5.36. The molecular formula is C12H17BrF2N4. The van der Waals surface area contributed by atoms with E-state index >= 15 is 0 Å². The number of fused-ring (bicyclic) bond motifs is 1. The Kier molecular flexibility index (Phi) is 3.75. The summed E-state index contributed by atoms with van der Waals surface area (Å²) in [4.78, 5) is 0. The molecule has 2 aliphatic rings. The fourth-order valence-corrected chi connectivity index (χ4v) is 3.61. The first-order valence-electron chi connectivity index (χ1n) is 6.69. The van der Waals surface area contributed by atoms with E-state index in [4.69, 9.17) is 0 Å². The second-order valence-corrected chi connectivity index (χ2v) is 5.93. The van der Waals surface area contributed by atoms with E-state index in [2.05, 4.69) is 31.7 Å². The van der Waals surface area contributed by atoms with Crippen molar-refractivity contribution in [2.45, 2.75) is 37.6 Å². The van der Waals surface area contributed by atoms with Crippen LogP contribution in [0.3, 0.4) is 0 Å². The smallest absolute Gasteiger partial charge is 0.260 e. The maximum absolute atomic E-state index is 13.1. The SMILES string of the molecule is FC(F)C1CCNc2c(Br)c(C3CCNCC3)nn21. The number of piperidine rings is 1. The molecule has 1 fully saturated rings. The summed E-state index contributed by atoms with van der Waals surface area (Å²) in [5.74, 6) is 1.07. The van der Waals surface area contributed by atoms with Crippen molar-refractivity contribution >= 4 is 21.7 Å². The third-order valence-corrected chi connectivity index (χ3v) is 4.72. The molecule has 0 spiro atoms. The van der Waals surface area contributed by atoms with Gasteiger partial charge in [0.1, 0.15) is 11.9 Å². The Balaban J connectivity index is 1.94. The molecule has 1 saturated heterocycles. The molecule has 2 N–H and O–H groups in total. The van der Waals surface area contributed by atoms with E-state index in [1.165, 1.54) is 4.68 Å². The van der Waals surface area contributed by atoms with E-state index in [1.807, 2.05) is 0 Å². The minimum Gasteiger partial charge on any atom is -0.369 e. The van der Waals surface area contributed by atoms with Crippen molar-refractivity contribution in [3.05, 3.63) is 10.2 Å². The van der Waals surface area contributed by atoms with Crippen LogP contribution in [-0.4, -0.2) is 35.8 Å². The average Bonchev–Trinajstić information content (AvgIpc) is 2.77. The van der Waals surface area contributed by atoms with Gasteiger partial charge in [0.2, 0.25) is 0 Å². The molecule has 0 saturated carbocycles. The third-order valence-electron chi connectivity index (χ3n) is 3.94. The fraction of sp³-hybridized carbons (Fsp3) is 0.750. The van der Waals surface area contributed by atoms with Gasteiger partial charge in [-0.25, -0.2) is 13.5 Å². The van der Waals surface area contributed by atoms with Gasteiger partial charge in [0, 0.05) is 12.5 Å². The molecule has 0 bridgehead atoms. The third kappa shape index (κ3) is 2.38. The molecule has 1 unspecified atom stereocenters. The lowest BCUT2D eigenvalue weighted by atomic mass is 9.95. The normalized spacial score (nSPS) is 24.3. The van der Waals surface area contributed by atoms with Crippen LogP contribution in [0.1, 0.15) is 36.9 Å². The van der Waals surface area contributed by atoms with Gasteiger partial charge >= 0.3 is 0 Å². The Morgan fingerprint density at radius 1 is 1.21 bits per heavy atom. The van der Waals surface area contributed by atoms with Crippen molar-refractivity contribution in [1.82, 2.24) is 15.1 Å². The molecule has 2 aliphatic heterocycles. The molecule has 3 rings (SSSR count). The van der Waals surface area contributed by atoms with Crippen molar-refractivity contribution in [3.8, 4) is 0 Å². The van der Waals surface area contributed by atoms with Gasteiger partial charge in [-0.1, -0.05) is 0 Å². The first-order chi connectivity index (χ1) is 9.18. The topological polar surface area (TPSA) is 41.9 Å². The highest BCUT2D eigenvalue weighted by molar-refractivity contribution is 9.10. The van der Waals surface area contributed by atoms with Crippen molar-refractivity contribution in [2.24, 2.45) is 0 Å². The largest absolute Gasteiger partial charge is 0.369 e. The standard InChI is InChI=1S/C12H17BrF2N4/c13-9-10(7-1-4-16-5-2-7)18-19-8(11(14)15)3-6-17-12(9)19/h7-8,11,16-17H,1-6H2. The second-order valence-electron chi connectivity index (χ2n) is 5.13. The number of nitrogens with one attached hydrogen (secondary N) is 2. The lowest BCUT2D eigenvalue weighted by Gasteiger charge is -2.25. The van der Waals surface area contributed by atoms with Crippen molar-refractivity contribution in [2.75, 3.05) is 25.0 Å². The molecule has 0 aromatic carbocycles. The summed E-state index contributed by atoms with van der Waals surface area (Å²) in [7, 11) is 0. The zero-order chi connectivity index (χ0) is 13.4. The van der Waals surface area contributed by atoms with E-state index < -0.39 is 12.5 Å².